The van der Waals surface area contributed by atoms with Gasteiger partial charge < -0.3 is 11.1 Å². The predicted molar refractivity (Wildman–Crippen MR) is 65.9 cm³/mol. The summed E-state index contributed by atoms with van der Waals surface area (Å²) in [6.07, 6.45) is 5.10. The molecule has 3 N–H and O–H groups in total. The molecule has 88 valence electrons. The highest BCUT2D eigenvalue weighted by Crippen LogP contribution is 2.43. The minimum Gasteiger partial charge on any atom is -0.397 e. The second-order valence-corrected chi connectivity index (χ2v) is 4.79. The Hall–Kier alpha value is -1.25. The smallest absolute Gasteiger partial charge is 0.125 e. The molecule has 1 aromatic rings. The van der Waals surface area contributed by atoms with Gasteiger partial charge in [-0.1, -0.05) is 13.3 Å². The maximum atomic E-state index is 12.9. The maximum absolute atomic E-state index is 12.9. The molecule has 0 amide bonds. The highest BCUT2D eigenvalue weighted by molar-refractivity contribution is 5.65. The molecule has 0 saturated heterocycles. The first-order chi connectivity index (χ1) is 7.65. The summed E-state index contributed by atoms with van der Waals surface area (Å²) in [6, 6.07) is 4.52. The van der Waals surface area contributed by atoms with Crippen LogP contribution in [0.2, 0.25) is 0 Å². The van der Waals surface area contributed by atoms with Crippen molar-refractivity contribution in [3.63, 3.8) is 0 Å². The molecule has 16 heavy (non-hydrogen) atoms. The normalized spacial score (nSPS) is 17.9. The zero-order valence-corrected chi connectivity index (χ0v) is 9.72. The molecular formula is C13H19FN2. The Balaban J connectivity index is 1.99. The first-order valence-electron chi connectivity index (χ1n) is 5.94. The minimum absolute atomic E-state index is 0.281. The van der Waals surface area contributed by atoms with Gasteiger partial charge in [-0.05, 0) is 42.9 Å². The summed E-state index contributed by atoms with van der Waals surface area (Å²) in [6.45, 7) is 3.17. The van der Waals surface area contributed by atoms with Crippen LogP contribution >= 0.6 is 0 Å². The van der Waals surface area contributed by atoms with Crippen LogP contribution in [0.3, 0.4) is 0 Å². The summed E-state index contributed by atoms with van der Waals surface area (Å²) >= 11 is 0. The molecule has 1 aliphatic rings. The number of nitrogen functional groups attached to an aromatic ring is 1. The highest BCUT2D eigenvalue weighted by atomic mass is 19.1. The van der Waals surface area contributed by atoms with Crippen LogP contribution in [-0.2, 0) is 0 Å². The lowest BCUT2D eigenvalue weighted by Crippen LogP contribution is -2.35. The van der Waals surface area contributed by atoms with Crippen LogP contribution in [-0.4, -0.2) is 6.54 Å². The predicted octanol–water partition coefficient (Wildman–Crippen LogP) is 3.40. The molecule has 0 unspecified atom stereocenters. The number of hydrogen-bond donors (Lipinski definition) is 2. The first-order valence-corrected chi connectivity index (χ1v) is 5.94. The van der Waals surface area contributed by atoms with Crippen LogP contribution in [0.25, 0.3) is 0 Å². The van der Waals surface area contributed by atoms with Crippen molar-refractivity contribution in [1.29, 1.82) is 0 Å². The number of halogens is 1. The molecule has 1 aliphatic carbocycles. The topological polar surface area (TPSA) is 38.0 Å². The lowest BCUT2D eigenvalue weighted by Gasteiger charge is -2.41. The Kier molecular flexibility index (Phi) is 3.03. The zero-order chi connectivity index (χ0) is 11.6. The second kappa shape index (κ2) is 4.32. The van der Waals surface area contributed by atoms with Crippen molar-refractivity contribution in [3.8, 4) is 0 Å². The average Bonchev–Trinajstić information content (AvgIpc) is 2.19. The van der Waals surface area contributed by atoms with Gasteiger partial charge in [-0.3, -0.25) is 0 Å². The molecule has 0 atom stereocenters. The van der Waals surface area contributed by atoms with Crippen LogP contribution in [0, 0.1) is 11.2 Å². The fourth-order valence-electron chi connectivity index (χ4n) is 2.31. The molecule has 0 bridgehead atoms. The fourth-order valence-corrected chi connectivity index (χ4v) is 2.31. The van der Waals surface area contributed by atoms with E-state index in [1.54, 1.807) is 6.07 Å². The molecule has 0 aromatic heterocycles. The van der Waals surface area contributed by atoms with E-state index in [0.717, 1.165) is 12.2 Å². The standard InChI is InChI=1S/C13H19FN2/c1-2-13(6-3-7-13)9-16-12-5-4-10(14)8-11(12)15/h4-5,8,16H,2-3,6-7,9,15H2,1H3. The number of benzene rings is 1. The van der Waals surface area contributed by atoms with Crippen LogP contribution in [0.5, 0.6) is 0 Å². The van der Waals surface area contributed by atoms with E-state index in [0.29, 0.717) is 11.1 Å². The zero-order valence-electron chi connectivity index (χ0n) is 9.72. The molecule has 2 rings (SSSR count). The van der Waals surface area contributed by atoms with Crippen molar-refractivity contribution in [3.05, 3.63) is 24.0 Å². The lowest BCUT2D eigenvalue weighted by atomic mass is 9.67. The van der Waals surface area contributed by atoms with Crippen molar-refractivity contribution in [2.75, 3.05) is 17.6 Å². The Bertz CT molecular complexity index is 367. The summed E-state index contributed by atoms with van der Waals surface area (Å²) in [7, 11) is 0. The van der Waals surface area contributed by atoms with Gasteiger partial charge in [0.05, 0.1) is 11.4 Å². The molecule has 2 nitrogen and oxygen atoms in total. The monoisotopic (exact) mass is 222 g/mol. The van der Waals surface area contributed by atoms with Crippen molar-refractivity contribution >= 4 is 11.4 Å². The second-order valence-electron chi connectivity index (χ2n) is 4.79. The summed E-state index contributed by atoms with van der Waals surface area (Å²) in [5.41, 5.74) is 7.53. The minimum atomic E-state index is -0.281. The molecular weight excluding hydrogens is 203 g/mol. The summed E-state index contributed by atoms with van der Waals surface area (Å²) in [4.78, 5) is 0. The van der Waals surface area contributed by atoms with E-state index in [4.69, 9.17) is 5.73 Å². The van der Waals surface area contributed by atoms with E-state index in [1.807, 2.05) is 0 Å². The number of anilines is 2. The van der Waals surface area contributed by atoms with Gasteiger partial charge in [0, 0.05) is 6.54 Å². The summed E-state index contributed by atoms with van der Waals surface area (Å²) in [5, 5.41) is 3.34. The maximum Gasteiger partial charge on any atom is 0.125 e. The number of hydrogen-bond acceptors (Lipinski definition) is 2. The number of rotatable bonds is 4. The fraction of sp³-hybridized carbons (Fsp3) is 0.538. The Morgan fingerprint density at radius 3 is 2.69 bits per heavy atom. The SMILES string of the molecule is CCC1(CNc2ccc(F)cc2N)CCC1. The quantitative estimate of drug-likeness (QED) is 0.766. The van der Waals surface area contributed by atoms with Crippen molar-refractivity contribution in [2.45, 2.75) is 32.6 Å². The summed E-state index contributed by atoms with van der Waals surface area (Å²) < 4.78 is 12.9. The molecule has 0 spiro atoms. The van der Waals surface area contributed by atoms with Crippen molar-refractivity contribution in [2.24, 2.45) is 5.41 Å². The van der Waals surface area contributed by atoms with Gasteiger partial charge in [0.15, 0.2) is 0 Å². The average molecular weight is 222 g/mol. The lowest BCUT2D eigenvalue weighted by molar-refractivity contribution is 0.145. The molecule has 0 aliphatic heterocycles. The molecule has 0 heterocycles. The van der Waals surface area contributed by atoms with E-state index < -0.39 is 0 Å². The van der Waals surface area contributed by atoms with Gasteiger partial charge in [-0.2, -0.15) is 0 Å². The highest BCUT2D eigenvalue weighted by Gasteiger charge is 2.34. The Morgan fingerprint density at radius 2 is 2.19 bits per heavy atom. The third kappa shape index (κ3) is 2.13. The molecule has 1 aromatic carbocycles. The van der Waals surface area contributed by atoms with Gasteiger partial charge in [-0.15, -0.1) is 0 Å². The van der Waals surface area contributed by atoms with E-state index >= 15 is 0 Å². The summed E-state index contributed by atoms with van der Waals surface area (Å²) in [5.74, 6) is -0.281. The van der Waals surface area contributed by atoms with E-state index in [-0.39, 0.29) is 5.82 Å². The Morgan fingerprint density at radius 1 is 1.44 bits per heavy atom. The van der Waals surface area contributed by atoms with Crippen LogP contribution in [0.15, 0.2) is 18.2 Å². The number of nitrogens with one attached hydrogen (secondary N) is 1. The van der Waals surface area contributed by atoms with E-state index in [9.17, 15) is 4.39 Å². The van der Waals surface area contributed by atoms with Gasteiger partial charge in [-0.25, -0.2) is 4.39 Å². The largest absolute Gasteiger partial charge is 0.397 e. The van der Waals surface area contributed by atoms with Gasteiger partial charge >= 0.3 is 0 Å². The van der Waals surface area contributed by atoms with Gasteiger partial charge in [0.1, 0.15) is 5.82 Å². The molecule has 3 heteroatoms. The van der Waals surface area contributed by atoms with Gasteiger partial charge in [0.2, 0.25) is 0 Å². The van der Waals surface area contributed by atoms with Crippen molar-refractivity contribution < 1.29 is 4.39 Å². The molecule has 1 fully saturated rings. The number of nitrogens with two attached hydrogens (primary N) is 1. The van der Waals surface area contributed by atoms with E-state index in [2.05, 4.69) is 12.2 Å². The molecule has 0 radical (unpaired) electrons. The first kappa shape index (κ1) is 11.2. The van der Waals surface area contributed by atoms with Crippen molar-refractivity contribution in [1.82, 2.24) is 0 Å². The van der Waals surface area contributed by atoms with Crippen LogP contribution in [0.4, 0.5) is 15.8 Å². The Labute approximate surface area is 96.0 Å². The van der Waals surface area contributed by atoms with Gasteiger partial charge in [0.25, 0.3) is 0 Å². The van der Waals surface area contributed by atoms with Crippen LogP contribution < -0.4 is 11.1 Å². The van der Waals surface area contributed by atoms with Crippen LogP contribution in [0.1, 0.15) is 32.6 Å². The van der Waals surface area contributed by atoms with E-state index in [1.165, 1.54) is 37.8 Å². The third-order valence-corrected chi connectivity index (χ3v) is 3.83. The molecule has 1 saturated carbocycles. The third-order valence-electron chi connectivity index (χ3n) is 3.83.